The molecule has 1 amide bonds. The van der Waals surface area contributed by atoms with Crippen molar-refractivity contribution in [3.8, 4) is 12.3 Å². The van der Waals surface area contributed by atoms with Gasteiger partial charge < -0.3 is 4.57 Å². The molecule has 0 spiro atoms. The first kappa shape index (κ1) is 11.6. The number of rotatable bonds is 1. The number of carbonyl (C=O) groups is 1. The van der Waals surface area contributed by atoms with Gasteiger partial charge in [0.05, 0.1) is 16.8 Å². The van der Waals surface area contributed by atoms with Crippen LogP contribution < -0.4 is 4.80 Å². The van der Waals surface area contributed by atoms with Gasteiger partial charge in [-0.3, -0.25) is 4.79 Å². The second-order valence-corrected chi connectivity index (χ2v) is 4.74. The molecule has 1 aromatic heterocycles. The second-order valence-electron chi connectivity index (χ2n) is 3.73. The normalized spacial score (nSPS) is 11.7. The molecule has 2 aromatic rings. The molecule has 0 aliphatic carbocycles. The molecule has 0 aliphatic rings. The molecule has 0 radical (unpaired) electrons. The Balaban J connectivity index is 2.87. The molecule has 0 aliphatic heterocycles. The van der Waals surface area contributed by atoms with Crippen LogP contribution in [0.25, 0.3) is 10.2 Å². The van der Waals surface area contributed by atoms with E-state index in [0.717, 1.165) is 15.8 Å². The monoisotopic (exact) mass is 244 g/mol. The van der Waals surface area contributed by atoms with Crippen molar-refractivity contribution in [1.29, 1.82) is 0 Å². The molecule has 0 bridgehead atoms. The minimum atomic E-state index is -0.208. The highest BCUT2D eigenvalue weighted by Crippen LogP contribution is 2.20. The van der Waals surface area contributed by atoms with Crippen molar-refractivity contribution in [2.24, 2.45) is 4.99 Å². The fraction of sp³-hybridized carbons (Fsp3) is 0.231. The zero-order valence-electron chi connectivity index (χ0n) is 9.73. The summed E-state index contributed by atoms with van der Waals surface area (Å²) in [5, 5.41) is 0. The molecule has 86 valence electrons. The summed E-state index contributed by atoms with van der Waals surface area (Å²) in [5.41, 5.74) is 2.20. The third kappa shape index (κ3) is 2.15. The van der Waals surface area contributed by atoms with Gasteiger partial charge in [0.15, 0.2) is 4.80 Å². The Morgan fingerprint density at radius 1 is 1.59 bits per heavy atom. The lowest BCUT2D eigenvalue weighted by molar-refractivity contribution is -0.116. The lowest BCUT2D eigenvalue weighted by Crippen LogP contribution is -2.15. The predicted molar refractivity (Wildman–Crippen MR) is 69.6 cm³/mol. The van der Waals surface area contributed by atoms with Gasteiger partial charge in [0, 0.05) is 6.92 Å². The summed E-state index contributed by atoms with van der Waals surface area (Å²) >= 11 is 1.49. The molecule has 0 atom stereocenters. The standard InChI is InChI=1S/C13H12N2OS/c1-4-8-15-12-9(2)6-5-7-11(12)17-13(15)14-10(3)16/h1,5-7H,8H2,2-3H3. The van der Waals surface area contributed by atoms with E-state index < -0.39 is 0 Å². The summed E-state index contributed by atoms with van der Waals surface area (Å²) < 4.78 is 3.01. The summed E-state index contributed by atoms with van der Waals surface area (Å²) in [5.74, 6) is 2.39. The minimum absolute atomic E-state index is 0.208. The highest BCUT2D eigenvalue weighted by Gasteiger charge is 2.07. The van der Waals surface area contributed by atoms with Crippen LogP contribution in [0.3, 0.4) is 0 Å². The summed E-state index contributed by atoms with van der Waals surface area (Å²) in [4.78, 5) is 15.8. The van der Waals surface area contributed by atoms with Gasteiger partial charge in [-0.05, 0) is 18.6 Å². The van der Waals surface area contributed by atoms with Crippen LogP contribution in [0.2, 0.25) is 0 Å². The Bertz CT molecular complexity index is 685. The summed E-state index contributed by atoms with van der Waals surface area (Å²) in [7, 11) is 0. The van der Waals surface area contributed by atoms with Gasteiger partial charge in [0.2, 0.25) is 5.91 Å². The van der Waals surface area contributed by atoms with Crippen LogP contribution in [0.1, 0.15) is 12.5 Å². The lowest BCUT2D eigenvalue weighted by Gasteiger charge is -2.02. The van der Waals surface area contributed by atoms with E-state index >= 15 is 0 Å². The number of para-hydroxylation sites is 1. The number of aryl methyl sites for hydroxylation is 1. The SMILES string of the molecule is C#CCn1c(=NC(C)=O)sc2cccc(C)c21. The number of amides is 1. The Hall–Kier alpha value is -1.86. The van der Waals surface area contributed by atoms with E-state index in [-0.39, 0.29) is 5.91 Å². The fourth-order valence-corrected chi connectivity index (χ4v) is 2.92. The van der Waals surface area contributed by atoms with Gasteiger partial charge in [-0.25, -0.2) is 0 Å². The van der Waals surface area contributed by atoms with Crippen molar-refractivity contribution in [2.75, 3.05) is 0 Å². The Morgan fingerprint density at radius 3 is 3.00 bits per heavy atom. The largest absolute Gasteiger partial charge is 0.304 e. The van der Waals surface area contributed by atoms with Gasteiger partial charge in [-0.2, -0.15) is 4.99 Å². The Kier molecular flexibility index (Phi) is 3.12. The third-order valence-electron chi connectivity index (χ3n) is 2.41. The quantitative estimate of drug-likeness (QED) is 0.707. The van der Waals surface area contributed by atoms with Crippen molar-refractivity contribution in [1.82, 2.24) is 4.57 Å². The molecular formula is C13H12N2OS. The first-order valence-corrected chi connectivity index (χ1v) is 6.03. The van der Waals surface area contributed by atoms with E-state index in [2.05, 4.69) is 10.9 Å². The molecule has 1 aromatic carbocycles. The van der Waals surface area contributed by atoms with Crippen molar-refractivity contribution in [2.45, 2.75) is 20.4 Å². The van der Waals surface area contributed by atoms with Gasteiger partial charge in [-0.1, -0.05) is 29.4 Å². The molecule has 2 rings (SSSR count). The smallest absolute Gasteiger partial charge is 0.245 e. The molecule has 17 heavy (non-hydrogen) atoms. The maximum atomic E-state index is 11.1. The van der Waals surface area contributed by atoms with Crippen molar-refractivity contribution in [3.63, 3.8) is 0 Å². The fourth-order valence-electron chi connectivity index (χ4n) is 1.77. The van der Waals surface area contributed by atoms with E-state index in [1.807, 2.05) is 29.7 Å². The van der Waals surface area contributed by atoms with Crippen LogP contribution in [0.15, 0.2) is 23.2 Å². The van der Waals surface area contributed by atoms with Crippen LogP contribution in [0.4, 0.5) is 0 Å². The van der Waals surface area contributed by atoms with Crippen molar-refractivity contribution >= 4 is 27.5 Å². The number of fused-ring (bicyclic) bond motifs is 1. The molecule has 0 saturated heterocycles. The number of aromatic nitrogens is 1. The van der Waals surface area contributed by atoms with Gasteiger partial charge in [0.25, 0.3) is 0 Å². The Labute approximate surface area is 103 Å². The predicted octanol–water partition coefficient (Wildman–Crippen LogP) is 2.09. The number of thiazole rings is 1. The van der Waals surface area contributed by atoms with Crippen LogP contribution in [0, 0.1) is 19.3 Å². The molecule has 1 heterocycles. The molecule has 0 saturated carbocycles. The zero-order valence-corrected chi connectivity index (χ0v) is 10.5. The number of terminal acetylenes is 1. The highest BCUT2D eigenvalue weighted by molar-refractivity contribution is 7.16. The van der Waals surface area contributed by atoms with Crippen molar-refractivity contribution in [3.05, 3.63) is 28.6 Å². The average Bonchev–Trinajstić information content (AvgIpc) is 2.58. The second kappa shape index (κ2) is 4.56. The van der Waals surface area contributed by atoms with E-state index in [4.69, 9.17) is 6.42 Å². The molecule has 0 N–H and O–H groups in total. The molecule has 0 fully saturated rings. The van der Waals surface area contributed by atoms with Crippen molar-refractivity contribution < 1.29 is 4.79 Å². The van der Waals surface area contributed by atoms with Gasteiger partial charge in [-0.15, -0.1) is 6.42 Å². The third-order valence-corrected chi connectivity index (χ3v) is 3.45. The van der Waals surface area contributed by atoms with Crippen LogP contribution >= 0.6 is 11.3 Å². The number of benzene rings is 1. The average molecular weight is 244 g/mol. The molecule has 3 nitrogen and oxygen atoms in total. The first-order valence-electron chi connectivity index (χ1n) is 5.21. The van der Waals surface area contributed by atoms with Crippen LogP contribution in [-0.4, -0.2) is 10.5 Å². The van der Waals surface area contributed by atoms with Crippen LogP contribution in [-0.2, 0) is 11.3 Å². The van der Waals surface area contributed by atoms with E-state index in [1.165, 1.54) is 18.3 Å². The van der Waals surface area contributed by atoms with E-state index in [0.29, 0.717) is 11.3 Å². The highest BCUT2D eigenvalue weighted by atomic mass is 32.1. The topological polar surface area (TPSA) is 34.4 Å². The number of hydrogen-bond acceptors (Lipinski definition) is 2. The molecule has 0 unspecified atom stereocenters. The summed E-state index contributed by atoms with van der Waals surface area (Å²) in [6.07, 6.45) is 5.37. The summed E-state index contributed by atoms with van der Waals surface area (Å²) in [6.45, 7) is 3.90. The first-order chi connectivity index (χ1) is 8.13. The lowest BCUT2D eigenvalue weighted by atomic mass is 10.2. The number of carbonyl (C=O) groups excluding carboxylic acids is 1. The van der Waals surface area contributed by atoms with E-state index in [1.54, 1.807) is 0 Å². The maximum Gasteiger partial charge on any atom is 0.245 e. The molecule has 4 heteroatoms. The van der Waals surface area contributed by atoms with Crippen LogP contribution in [0.5, 0.6) is 0 Å². The van der Waals surface area contributed by atoms with Gasteiger partial charge >= 0.3 is 0 Å². The zero-order chi connectivity index (χ0) is 12.4. The van der Waals surface area contributed by atoms with E-state index in [9.17, 15) is 4.79 Å². The number of hydrogen-bond donors (Lipinski definition) is 0. The maximum absolute atomic E-state index is 11.1. The summed E-state index contributed by atoms with van der Waals surface area (Å²) in [6, 6.07) is 6.03. The minimum Gasteiger partial charge on any atom is -0.304 e. The Morgan fingerprint density at radius 2 is 2.35 bits per heavy atom. The molecular weight excluding hydrogens is 232 g/mol. The number of nitrogens with zero attached hydrogens (tertiary/aromatic N) is 2. The van der Waals surface area contributed by atoms with Gasteiger partial charge in [0.1, 0.15) is 0 Å².